The summed E-state index contributed by atoms with van der Waals surface area (Å²) in [6, 6.07) is 39.9. The van der Waals surface area contributed by atoms with Gasteiger partial charge in [0.25, 0.3) is 0 Å². The highest BCUT2D eigenvalue weighted by molar-refractivity contribution is 7.88. The Kier molecular flexibility index (Phi) is 9.71. The molecule has 14 aromatic carbocycles. The van der Waals surface area contributed by atoms with E-state index < -0.39 is 113 Å². The molecule has 0 atom stereocenters. The van der Waals surface area contributed by atoms with Gasteiger partial charge in [-0.1, -0.05) is 266 Å². The molecule has 0 aromatic heterocycles. The minimum Gasteiger partial charge on any atom is -0.423 e. The van der Waals surface area contributed by atoms with E-state index in [-0.39, 0.29) is 74.8 Å². The number of fused-ring (bicyclic) bond motifs is 6. The Hall–Kier alpha value is -9.84. The first-order valence-corrected chi connectivity index (χ1v) is 26.7. The molecule has 402 valence electrons. The van der Waals surface area contributed by atoms with Crippen LogP contribution in [0.5, 0.6) is 5.75 Å². The van der Waals surface area contributed by atoms with E-state index in [0.717, 1.165) is 38.7 Å². The van der Waals surface area contributed by atoms with Crippen molar-refractivity contribution in [1.82, 2.24) is 0 Å². The Morgan fingerprint density at radius 3 is 1.07 bits per heavy atom. The van der Waals surface area contributed by atoms with Crippen molar-refractivity contribution in [3.63, 3.8) is 0 Å². The zero-order chi connectivity index (χ0) is 74.5. The Morgan fingerprint density at radius 2 is 0.675 bits per heavy atom. The third kappa shape index (κ3) is 10.7. The number of benzene rings is 14. The van der Waals surface area contributed by atoms with E-state index in [9.17, 15) is 31.6 Å². The van der Waals surface area contributed by atoms with Crippen molar-refractivity contribution in [2.24, 2.45) is 0 Å². The highest BCUT2D eigenvalue weighted by Crippen LogP contribution is 2.47. The summed E-state index contributed by atoms with van der Waals surface area (Å²) in [7, 11) is -7.70. The molecule has 0 aliphatic heterocycles. The molecule has 5 nitrogen and oxygen atoms in total. The van der Waals surface area contributed by atoms with Gasteiger partial charge in [-0.15, -0.1) is 0 Å². The van der Waals surface area contributed by atoms with Crippen molar-refractivity contribution >= 4 is 87.3 Å². The number of halogens is 3. The van der Waals surface area contributed by atoms with Crippen LogP contribution in [0.4, 0.5) is 13.2 Å². The third-order valence-electron chi connectivity index (χ3n) is 13.7. The van der Waals surface area contributed by atoms with E-state index in [4.69, 9.17) is 27.4 Å². The van der Waals surface area contributed by atoms with Crippen LogP contribution < -0.4 is 9.65 Å². The Bertz CT molecular complexity index is 5840. The third-order valence-corrected chi connectivity index (χ3v) is 14.6. The summed E-state index contributed by atoms with van der Waals surface area (Å²) in [4.78, 5) is 0. The highest BCUT2D eigenvalue weighted by atomic mass is 32.2. The molecule has 14 rings (SSSR count). The largest absolute Gasteiger partial charge is 0.534 e. The van der Waals surface area contributed by atoms with Crippen molar-refractivity contribution < 1.29 is 63.2 Å². The molecule has 0 heterocycles. The smallest absolute Gasteiger partial charge is 0.423 e. The molecule has 10 heteroatoms. The van der Waals surface area contributed by atoms with Crippen LogP contribution in [0.2, 0.25) is 0 Å². The topological polar surface area (TPSA) is 83.8 Å². The van der Waals surface area contributed by atoms with Gasteiger partial charge in [0.2, 0.25) is 0 Å². The molecule has 2 N–H and O–H groups in total. The van der Waals surface area contributed by atoms with E-state index in [1.54, 1.807) is 48.5 Å². The standard InChI is InChI=1S/C36H24.C20H15BO2.C17H11F3O3S/c1-3-13-25(14-4-1)28-23-27-17-7-8-18-29(27)34(24-28)36-32-21-11-9-19-30(32)35(26-15-5-2-6-16-26)31-20-10-12-22-33(31)36;22-21(23)20-17-12-6-4-10-15(17)19(14-8-2-1-3-9-14)16-11-5-7-13-18(16)20;18-17(19,20)24(21,22)23-16-11-14(12-6-2-1-3-7-12)10-13-8-4-5-9-15(13)16/h1-24H;1-13,22-23H;1-11H/i1D,2D,3D,4D,5D,6D,13D,14D,15D,16D;1D,2D,3D,8D,9D;1D,2D,3D,6D,7D. The van der Waals surface area contributed by atoms with Crippen LogP contribution >= 0.6 is 0 Å². The summed E-state index contributed by atoms with van der Waals surface area (Å²) in [6.07, 6.45) is 0. The van der Waals surface area contributed by atoms with Gasteiger partial charge >= 0.3 is 22.7 Å². The second-order valence-corrected chi connectivity index (χ2v) is 20.1. The molecule has 0 saturated carbocycles. The molecule has 0 amide bonds. The zero-order valence-corrected chi connectivity index (χ0v) is 43.7. The van der Waals surface area contributed by atoms with E-state index in [2.05, 4.69) is 4.18 Å². The van der Waals surface area contributed by atoms with Crippen LogP contribution in [-0.2, 0) is 10.1 Å². The van der Waals surface area contributed by atoms with Gasteiger partial charge in [-0.3, -0.25) is 0 Å². The van der Waals surface area contributed by atoms with Gasteiger partial charge in [-0.25, -0.2) is 0 Å². The lowest BCUT2D eigenvalue weighted by atomic mass is 9.72. The van der Waals surface area contributed by atoms with Crippen LogP contribution in [0.15, 0.2) is 291 Å². The lowest BCUT2D eigenvalue weighted by molar-refractivity contribution is -0.0499. The minimum absolute atomic E-state index is 0.0384. The average molecular weight is 1130 g/mol. The predicted molar refractivity (Wildman–Crippen MR) is 337 cm³/mol. The number of hydrogen-bond acceptors (Lipinski definition) is 5. The SMILES string of the molecule is [2H]c1c([2H])c([2H])c(-c2c3ccccc3c(B(O)O)c3ccccc23)c([2H])c1[2H].[2H]c1c([2H])c([2H])c(-c2cc(-c3c4ccccc4c(-c4c([2H])c([2H])c([2H])c([2H])c4[2H])c4ccccc34)c3ccccc3c2)c([2H])c1[2H].[2H]c1c([2H])c([2H])c(-c2cc(OS(=O)(=O)C(F)(F)F)c3ccccc3c2)c([2H])c1[2H]. The summed E-state index contributed by atoms with van der Waals surface area (Å²) in [5.74, 6) is -0.678. The van der Waals surface area contributed by atoms with Crippen molar-refractivity contribution in [1.29, 1.82) is 0 Å². The molecule has 0 bridgehead atoms. The van der Waals surface area contributed by atoms with E-state index in [0.29, 0.717) is 54.5 Å². The molecule has 0 radical (unpaired) electrons. The van der Waals surface area contributed by atoms with Crippen molar-refractivity contribution in [2.45, 2.75) is 5.51 Å². The molecule has 0 unspecified atom stereocenters. The van der Waals surface area contributed by atoms with Crippen LogP contribution in [0.3, 0.4) is 0 Å². The zero-order valence-electron chi connectivity index (χ0n) is 62.9. The van der Waals surface area contributed by atoms with E-state index in [1.165, 1.54) is 30.3 Å². The second-order valence-electron chi connectivity index (χ2n) is 18.5. The van der Waals surface area contributed by atoms with Crippen LogP contribution in [-0.4, -0.2) is 31.1 Å². The van der Waals surface area contributed by atoms with Crippen molar-refractivity contribution in [3.05, 3.63) is 291 Å². The van der Waals surface area contributed by atoms with Crippen LogP contribution in [0.25, 0.3) is 120 Å². The number of alkyl halides is 3. The molecule has 0 fully saturated rings. The maximum Gasteiger partial charge on any atom is 0.534 e. The summed E-state index contributed by atoms with van der Waals surface area (Å²) in [5, 5.41) is 27.2. The fraction of sp³-hybridized carbons (Fsp3) is 0.0137. The van der Waals surface area contributed by atoms with Crippen LogP contribution in [0.1, 0.15) is 27.4 Å². The molecular weight excluding hydrogens is 1060 g/mol. The van der Waals surface area contributed by atoms with Gasteiger partial charge in [0, 0.05) is 5.39 Å². The fourth-order valence-corrected chi connectivity index (χ4v) is 10.7. The maximum absolute atomic E-state index is 12.8. The van der Waals surface area contributed by atoms with Gasteiger partial charge in [-0.2, -0.15) is 21.6 Å². The maximum atomic E-state index is 12.8. The van der Waals surface area contributed by atoms with Gasteiger partial charge in [0.15, 0.2) is 5.75 Å². The molecule has 14 aromatic rings. The molecule has 0 saturated heterocycles. The number of rotatable bonds is 8. The molecular formula is C73H50BF3O5S. The quantitative estimate of drug-likeness (QED) is 0.0685. The first kappa shape index (κ1) is 35.1. The first-order chi connectivity index (χ1) is 48.7. The summed E-state index contributed by atoms with van der Waals surface area (Å²) in [5.41, 5.74) is -2.37. The Morgan fingerprint density at radius 1 is 0.361 bits per heavy atom. The second kappa shape index (κ2) is 23.0. The molecule has 0 spiro atoms. The van der Waals surface area contributed by atoms with Crippen molar-refractivity contribution in [2.75, 3.05) is 0 Å². The number of hydrogen-bond donors (Lipinski definition) is 2. The fourth-order valence-electron chi connectivity index (χ4n) is 10.3. The molecule has 83 heavy (non-hydrogen) atoms. The summed E-state index contributed by atoms with van der Waals surface area (Å²) in [6.45, 7) is 0. The van der Waals surface area contributed by atoms with Crippen LogP contribution in [0, 0.1) is 0 Å². The Labute approximate surface area is 506 Å². The minimum atomic E-state index is -5.98. The van der Waals surface area contributed by atoms with Gasteiger partial charge < -0.3 is 14.2 Å². The van der Waals surface area contributed by atoms with E-state index in [1.807, 2.05) is 84.9 Å². The van der Waals surface area contributed by atoms with Gasteiger partial charge in [0.05, 0.1) is 27.4 Å². The Balaban J connectivity index is 0.000000153. The van der Waals surface area contributed by atoms with E-state index >= 15 is 0 Å². The summed E-state index contributed by atoms with van der Waals surface area (Å²) >= 11 is 0. The monoisotopic (exact) mass is 1130 g/mol. The van der Waals surface area contributed by atoms with Gasteiger partial charge in [0.1, 0.15) is 0 Å². The lowest BCUT2D eigenvalue weighted by Crippen LogP contribution is -2.31. The molecule has 0 aliphatic carbocycles. The first-order valence-electron chi connectivity index (χ1n) is 35.3. The van der Waals surface area contributed by atoms with Gasteiger partial charge in [-0.05, 0) is 145 Å². The predicted octanol–water partition coefficient (Wildman–Crippen LogP) is 18.2. The molecule has 0 aliphatic rings. The summed E-state index contributed by atoms with van der Waals surface area (Å²) < 4.78 is 230. The van der Waals surface area contributed by atoms with Crippen molar-refractivity contribution in [3.8, 4) is 61.4 Å². The highest BCUT2D eigenvalue weighted by Gasteiger charge is 2.48. The lowest BCUT2D eigenvalue weighted by Gasteiger charge is -2.19. The average Bonchev–Trinajstić information content (AvgIpc) is 0.719. The normalized spacial score (nSPS) is 14.9.